The second-order valence-corrected chi connectivity index (χ2v) is 3.12. The maximum atomic E-state index is 8.08. The number of hydrogen-bond donors (Lipinski definition) is 0. The van der Waals surface area contributed by atoms with E-state index < -0.39 is 0 Å². The van der Waals surface area contributed by atoms with Gasteiger partial charge in [-0.2, -0.15) is 0 Å². The lowest BCUT2D eigenvalue weighted by molar-refractivity contribution is 0.129. The molecule has 2 aromatic rings. The Kier molecular flexibility index (Phi) is 3.38. The van der Waals surface area contributed by atoms with E-state index in [4.69, 9.17) is 14.7 Å². The van der Waals surface area contributed by atoms with Crippen LogP contribution in [0, 0.1) is 0 Å². The van der Waals surface area contributed by atoms with E-state index in [0.717, 1.165) is 16.7 Å². The van der Waals surface area contributed by atoms with E-state index in [0.29, 0.717) is 19.8 Å². The Hall–Kier alpha value is -2.04. The van der Waals surface area contributed by atoms with E-state index in [1.54, 1.807) is 0 Å². The van der Waals surface area contributed by atoms with Crippen molar-refractivity contribution in [2.75, 3.05) is 13.2 Å². The van der Waals surface area contributed by atoms with E-state index in [1.165, 1.54) is 6.39 Å². The van der Waals surface area contributed by atoms with Crippen LogP contribution in [0.15, 0.2) is 34.1 Å². The predicted molar refractivity (Wildman–Crippen MR) is 57.7 cm³/mol. The average molecular weight is 218 g/mol. The number of azide groups is 1. The van der Waals surface area contributed by atoms with E-state index >= 15 is 0 Å². The van der Waals surface area contributed by atoms with Crippen LogP contribution in [0.5, 0.6) is 0 Å². The van der Waals surface area contributed by atoms with Gasteiger partial charge in [0.2, 0.25) is 0 Å². The lowest BCUT2D eigenvalue weighted by atomic mass is 10.2. The standard InChI is InChI=1S/C10H10N4O2/c11-14-13-4-5-15-6-8-2-1-3-9-10(8)12-7-16-9/h1-3,7H,4-6H2. The summed E-state index contributed by atoms with van der Waals surface area (Å²) in [7, 11) is 0. The van der Waals surface area contributed by atoms with E-state index in [9.17, 15) is 0 Å². The predicted octanol–water partition coefficient (Wildman–Crippen LogP) is 2.65. The quantitative estimate of drug-likeness (QED) is 0.334. The highest BCUT2D eigenvalue weighted by Gasteiger charge is 2.04. The highest BCUT2D eigenvalue weighted by atomic mass is 16.5. The maximum Gasteiger partial charge on any atom is 0.181 e. The van der Waals surface area contributed by atoms with Crippen LogP contribution in [-0.2, 0) is 11.3 Å². The van der Waals surface area contributed by atoms with Gasteiger partial charge in [0.05, 0.1) is 13.2 Å². The third kappa shape index (κ3) is 2.31. The topological polar surface area (TPSA) is 84.0 Å². The van der Waals surface area contributed by atoms with Crippen molar-refractivity contribution in [1.82, 2.24) is 4.98 Å². The molecule has 0 bridgehead atoms. The highest BCUT2D eigenvalue weighted by molar-refractivity contribution is 5.75. The van der Waals surface area contributed by atoms with Crippen molar-refractivity contribution in [3.63, 3.8) is 0 Å². The van der Waals surface area contributed by atoms with Gasteiger partial charge >= 0.3 is 0 Å². The fraction of sp³-hybridized carbons (Fsp3) is 0.300. The average Bonchev–Trinajstić information content (AvgIpc) is 2.77. The minimum Gasteiger partial charge on any atom is -0.443 e. The summed E-state index contributed by atoms with van der Waals surface area (Å²) in [5.41, 5.74) is 10.6. The number of aromatic nitrogens is 1. The monoisotopic (exact) mass is 218 g/mol. The van der Waals surface area contributed by atoms with Crippen molar-refractivity contribution in [3.8, 4) is 0 Å². The Balaban J connectivity index is 1.98. The van der Waals surface area contributed by atoms with E-state index in [1.807, 2.05) is 18.2 Å². The van der Waals surface area contributed by atoms with Gasteiger partial charge in [-0.25, -0.2) is 4.98 Å². The molecule has 6 heteroatoms. The molecule has 0 saturated carbocycles. The molecule has 1 heterocycles. The van der Waals surface area contributed by atoms with Crippen LogP contribution in [0.4, 0.5) is 0 Å². The number of hydrogen-bond acceptors (Lipinski definition) is 4. The van der Waals surface area contributed by atoms with Gasteiger partial charge in [-0.15, -0.1) is 0 Å². The Morgan fingerprint density at radius 3 is 3.31 bits per heavy atom. The Labute approximate surface area is 91.5 Å². The zero-order valence-electron chi connectivity index (χ0n) is 8.54. The summed E-state index contributed by atoms with van der Waals surface area (Å²) in [6, 6.07) is 5.67. The summed E-state index contributed by atoms with van der Waals surface area (Å²) in [4.78, 5) is 6.74. The molecule has 0 atom stereocenters. The molecule has 0 unspecified atom stereocenters. The number of ether oxygens (including phenoxy) is 1. The van der Waals surface area contributed by atoms with Gasteiger partial charge in [-0.05, 0) is 11.6 Å². The molecule has 0 amide bonds. The van der Waals surface area contributed by atoms with Crippen molar-refractivity contribution in [2.24, 2.45) is 5.11 Å². The maximum absolute atomic E-state index is 8.08. The van der Waals surface area contributed by atoms with Crippen molar-refractivity contribution in [3.05, 3.63) is 40.6 Å². The molecule has 0 N–H and O–H groups in total. The van der Waals surface area contributed by atoms with Crippen LogP contribution in [0.25, 0.3) is 21.5 Å². The number of rotatable bonds is 5. The Morgan fingerprint density at radius 1 is 1.50 bits per heavy atom. The van der Waals surface area contributed by atoms with Crippen molar-refractivity contribution in [1.29, 1.82) is 0 Å². The molecule has 2 rings (SSSR count). The molecule has 0 saturated heterocycles. The van der Waals surface area contributed by atoms with Crippen LogP contribution < -0.4 is 0 Å². The smallest absolute Gasteiger partial charge is 0.181 e. The van der Waals surface area contributed by atoms with Crippen LogP contribution in [0.2, 0.25) is 0 Å². The molecule has 0 aliphatic heterocycles. The zero-order valence-corrected chi connectivity index (χ0v) is 8.54. The molecular weight excluding hydrogens is 208 g/mol. The van der Waals surface area contributed by atoms with E-state index in [-0.39, 0.29) is 0 Å². The molecular formula is C10H10N4O2. The first-order valence-corrected chi connectivity index (χ1v) is 4.81. The van der Waals surface area contributed by atoms with Crippen molar-refractivity contribution in [2.45, 2.75) is 6.61 Å². The molecule has 0 aliphatic rings. The van der Waals surface area contributed by atoms with E-state index in [2.05, 4.69) is 15.0 Å². The summed E-state index contributed by atoms with van der Waals surface area (Å²) in [5.74, 6) is 0. The van der Waals surface area contributed by atoms with Crippen LogP contribution in [0.1, 0.15) is 5.56 Å². The molecule has 82 valence electrons. The Bertz CT molecular complexity index is 516. The van der Waals surface area contributed by atoms with Crippen molar-refractivity contribution < 1.29 is 9.15 Å². The highest BCUT2D eigenvalue weighted by Crippen LogP contribution is 2.17. The van der Waals surface area contributed by atoms with Crippen LogP contribution in [-0.4, -0.2) is 18.1 Å². The zero-order chi connectivity index (χ0) is 11.2. The number of oxazole rings is 1. The Morgan fingerprint density at radius 2 is 2.44 bits per heavy atom. The SMILES string of the molecule is [N-]=[N+]=NCCOCc1cccc2ocnc12. The summed E-state index contributed by atoms with van der Waals surface area (Å²) in [5, 5.41) is 3.38. The molecule has 0 spiro atoms. The molecule has 0 fully saturated rings. The number of para-hydroxylation sites is 1. The van der Waals surface area contributed by atoms with Gasteiger partial charge in [0.25, 0.3) is 0 Å². The second kappa shape index (κ2) is 5.16. The van der Waals surface area contributed by atoms with Gasteiger partial charge in [-0.1, -0.05) is 17.2 Å². The first-order valence-electron chi connectivity index (χ1n) is 4.81. The van der Waals surface area contributed by atoms with Crippen LogP contribution >= 0.6 is 0 Å². The third-order valence-electron chi connectivity index (χ3n) is 2.10. The fourth-order valence-corrected chi connectivity index (χ4v) is 1.39. The normalized spacial score (nSPS) is 10.2. The number of benzene rings is 1. The van der Waals surface area contributed by atoms with Gasteiger partial charge < -0.3 is 9.15 Å². The van der Waals surface area contributed by atoms with Gasteiger partial charge in [-0.3, -0.25) is 0 Å². The minimum atomic E-state index is 0.339. The fourth-order valence-electron chi connectivity index (χ4n) is 1.39. The lowest BCUT2D eigenvalue weighted by Gasteiger charge is -2.02. The summed E-state index contributed by atoms with van der Waals surface area (Å²) in [6.45, 7) is 1.18. The molecule has 0 radical (unpaired) electrons. The summed E-state index contributed by atoms with van der Waals surface area (Å²) < 4.78 is 10.5. The first-order chi connectivity index (χ1) is 7.92. The number of fused-ring (bicyclic) bond motifs is 1. The lowest BCUT2D eigenvalue weighted by Crippen LogP contribution is -1.98. The summed E-state index contributed by atoms with van der Waals surface area (Å²) in [6.07, 6.45) is 1.41. The summed E-state index contributed by atoms with van der Waals surface area (Å²) >= 11 is 0. The van der Waals surface area contributed by atoms with Gasteiger partial charge in [0.1, 0.15) is 5.52 Å². The third-order valence-corrected chi connectivity index (χ3v) is 2.10. The molecule has 1 aromatic heterocycles. The minimum absolute atomic E-state index is 0.339. The second-order valence-electron chi connectivity index (χ2n) is 3.12. The molecule has 1 aromatic carbocycles. The van der Waals surface area contributed by atoms with Gasteiger partial charge in [0, 0.05) is 17.0 Å². The van der Waals surface area contributed by atoms with Crippen LogP contribution in [0.3, 0.4) is 0 Å². The largest absolute Gasteiger partial charge is 0.443 e. The van der Waals surface area contributed by atoms with Crippen molar-refractivity contribution >= 4 is 11.1 Å². The molecule has 0 aliphatic carbocycles. The molecule has 16 heavy (non-hydrogen) atoms. The van der Waals surface area contributed by atoms with Gasteiger partial charge in [0.15, 0.2) is 12.0 Å². The molecule has 6 nitrogen and oxygen atoms in total. The first kappa shape index (κ1) is 10.5. The number of nitrogens with zero attached hydrogens (tertiary/aromatic N) is 4.